The van der Waals surface area contributed by atoms with Crippen molar-refractivity contribution >= 4 is 23.7 Å². The second-order valence-electron chi connectivity index (χ2n) is 7.76. The van der Waals surface area contributed by atoms with E-state index in [0.717, 1.165) is 12.8 Å². The number of carbonyl (C=O) groups excluding carboxylic acids is 2. The van der Waals surface area contributed by atoms with Gasteiger partial charge in [0.05, 0.1) is 17.7 Å². The first-order valence-electron chi connectivity index (χ1n) is 10.2. The van der Waals surface area contributed by atoms with Gasteiger partial charge in [-0.2, -0.15) is 0 Å². The maximum Gasteiger partial charge on any atom is 0.306 e. The molecule has 8 heteroatoms. The van der Waals surface area contributed by atoms with Crippen molar-refractivity contribution in [1.82, 2.24) is 5.32 Å². The number of carboxylic acids is 1. The van der Waals surface area contributed by atoms with Gasteiger partial charge < -0.3 is 24.3 Å². The van der Waals surface area contributed by atoms with E-state index in [2.05, 4.69) is 5.32 Å². The molecule has 2 N–H and O–H groups in total. The minimum absolute atomic E-state index is 0.160. The van der Waals surface area contributed by atoms with Crippen LogP contribution in [-0.4, -0.2) is 35.9 Å². The van der Waals surface area contributed by atoms with Gasteiger partial charge in [0, 0.05) is 18.7 Å². The summed E-state index contributed by atoms with van der Waals surface area (Å²) in [4.78, 5) is 35.5. The molecule has 0 spiro atoms. The lowest BCUT2D eigenvalue weighted by molar-refractivity contribution is -0.143. The molecule has 1 aromatic carbocycles. The van der Waals surface area contributed by atoms with Crippen LogP contribution in [0.1, 0.15) is 41.8 Å². The summed E-state index contributed by atoms with van der Waals surface area (Å²) in [6.07, 6.45) is 5.93. The van der Waals surface area contributed by atoms with Crippen molar-refractivity contribution in [1.29, 1.82) is 0 Å². The number of Topliss-reactive ketones (excluding diaryl/α,β-unsaturated/α-hetero) is 1. The molecule has 0 radical (unpaired) electrons. The number of allylic oxidation sites excluding steroid dienone is 1. The highest BCUT2D eigenvalue weighted by atomic mass is 16.5. The van der Waals surface area contributed by atoms with E-state index >= 15 is 0 Å². The number of aliphatic carboxylic acids is 1. The van der Waals surface area contributed by atoms with Gasteiger partial charge in [0.25, 0.3) is 5.91 Å². The van der Waals surface area contributed by atoms with Gasteiger partial charge in [-0.05, 0) is 55.9 Å². The smallest absolute Gasteiger partial charge is 0.306 e. The van der Waals surface area contributed by atoms with Gasteiger partial charge in [0.1, 0.15) is 17.3 Å². The highest BCUT2D eigenvalue weighted by Gasteiger charge is 2.28. The van der Waals surface area contributed by atoms with Crippen LogP contribution in [0.4, 0.5) is 0 Å². The van der Waals surface area contributed by atoms with E-state index in [0.29, 0.717) is 48.1 Å². The number of hydrogen-bond acceptors (Lipinski definition) is 6. The Bertz CT molecular complexity index is 1000. The number of furan rings is 1. The number of benzene rings is 1. The number of amides is 1. The van der Waals surface area contributed by atoms with Gasteiger partial charge in [-0.25, -0.2) is 0 Å². The number of ketones is 1. The van der Waals surface area contributed by atoms with Crippen molar-refractivity contribution in [3.63, 3.8) is 0 Å². The van der Waals surface area contributed by atoms with Crippen LogP contribution >= 0.6 is 0 Å². The van der Waals surface area contributed by atoms with E-state index < -0.39 is 5.97 Å². The molecule has 0 atom stereocenters. The topological polar surface area (TPSA) is 115 Å². The van der Waals surface area contributed by atoms with Gasteiger partial charge >= 0.3 is 5.97 Å². The van der Waals surface area contributed by atoms with E-state index in [1.54, 1.807) is 30.3 Å². The van der Waals surface area contributed by atoms with E-state index in [1.165, 1.54) is 12.3 Å². The second-order valence-corrected chi connectivity index (χ2v) is 7.76. The Kier molecular flexibility index (Phi) is 6.06. The van der Waals surface area contributed by atoms with Crippen LogP contribution in [0.25, 0.3) is 6.08 Å². The predicted molar refractivity (Wildman–Crippen MR) is 110 cm³/mol. The average molecular weight is 425 g/mol. The molecule has 0 unspecified atom stereocenters. The Labute approximate surface area is 178 Å². The Morgan fingerprint density at radius 3 is 2.71 bits per heavy atom. The first-order valence-corrected chi connectivity index (χ1v) is 10.2. The summed E-state index contributed by atoms with van der Waals surface area (Å²) in [5.41, 5.74) is 0.423. The molecule has 1 fully saturated rings. The summed E-state index contributed by atoms with van der Waals surface area (Å²) in [6, 6.07) is 8.25. The third-order valence-corrected chi connectivity index (χ3v) is 5.61. The third-order valence-electron chi connectivity index (χ3n) is 5.61. The third kappa shape index (κ3) is 4.96. The average Bonchev–Trinajstić information content (AvgIpc) is 3.39. The number of carbonyl (C=O) groups is 3. The maximum atomic E-state index is 12.4. The van der Waals surface area contributed by atoms with Gasteiger partial charge in [0.2, 0.25) is 5.78 Å². The molecule has 31 heavy (non-hydrogen) atoms. The molecule has 2 heterocycles. The quantitative estimate of drug-likeness (QED) is 0.654. The van der Waals surface area contributed by atoms with Crippen LogP contribution in [0.15, 0.2) is 46.8 Å². The molecular weight excluding hydrogens is 402 g/mol. The monoisotopic (exact) mass is 425 g/mol. The minimum Gasteiger partial charge on any atom is -0.484 e. The van der Waals surface area contributed by atoms with E-state index in [9.17, 15) is 14.4 Å². The van der Waals surface area contributed by atoms with Crippen molar-refractivity contribution in [2.45, 2.75) is 25.7 Å². The standard InChI is InChI=1S/C23H23NO7/c25-21(24-12-14-3-5-15(6-4-14)23(27)28)13-30-17-7-8-18-19(10-17)31-20(22(18)26)11-16-2-1-9-29-16/h1-2,7-11,14-15H,3-6,12-13H2,(H,24,25)(H,27,28). The largest absolute Gasteiger partial charge is 0.484 e. The van der Waals surface area contributed by atoms with Crippen LogP contribution in [0.3, 0.4) is 0 Å². The molecule has 0 bridgehead atoms. The molecule has 1 aromatic heterocycles. The van der Waals surface area contributed by atoms with Crippen LogP contribution < -0.4 is 14.8 Å². The summed E-state index contributed by atoms with van der Waals surface area (Å²) in [5, 5.41) is 11.9. The Balaban J connectivity index is 1.25. The number of ether oxygens (including phenoxy) is 2. The van der Waals surface area contributed by atoms with Crippen molar-refractivity contribution in [2.24, 2.45) is 11.8 Å². The molecule has 1 amide bonds. The number of fused-ring (bicyclic) bond motifs is 1. The lowest BCUT2D eigenvalue weighted by atomic mass is 9.82. The van der Waals surface area contributed by atoms with Gasteiger partial charge in [-0.3, -0.25) is 14.4 Å². The minimum atomic E-state index is -0.737. The number of hydrogen-bond donors (Lipinski definition) is 2. The molecule has 2 aliphatic rings. The Hall–Kier alpha value is -3.55. The lowest BCUT2D eigenvalue weighted by Gasteiger charge is -2.26. The second kappa shape index (κ2) is 9.07. The van der Waals surface area contributed by atoms with E-state index in [4.69, 9.17) is 19.0 Å². The lowest BCUT2D eigenvalue weighted by Crippen LogP contribution is -2.35. The zero-order valence-corrected chi connectivity index (χ0v) is 16.8. The van der Waals surface area contributed by atoms with E-state index in [-0.39, 0.29) is 30.0 Å². The number of rotatable bonds is 7. The summed E-state index contributed by atoms with van der Waals surface area (Å²) >= 11 is 0. The molecule has 2 aromatic rings. The van der Waals surface area contributed by atoms with Crippen molar-refractivity contribution in [3.8, 4) is 11.5 Å². The molecule has 162 valence electrons. The number of carboxylic acid groups (broad SMARTS) is 1. The molecule has 0 saturated heterocycles. The van der Waals surface area contributed by atoms with Crippen LogP contribution in [0, 0.1) is 11.8 Å². The van der Waals surface area contributed by atoms with Gasteiger partial charge in [-0.15, -0.1) is 0 Å². The SMILES string of the molecule is O=C(COc1ccc2c(c1)OC(=Cc1ccco1)C2=O)NCC1CCC(C(=O)O)CC1. The fraction of sp³-hybridized carbons (Fsp3) is 0.348. The molecule has 1 saturated carbocycles. The summed E-state index contributed by atoms with van der Waals surface area (Å²) in [7, 11) is 0. The molecule has 8 nitrogen and oxygen atoms in total. The van der Waals surface area contributed by atoms with Crippen molar-refractivity contribution in [3.05, 3.63) is 53.7 Å². The first-order chi connectivity index (χ1) is 15.0. The summed E-state index contributed by atoms with van der Waals surface area (Å²) in [6.45, 7) is 0.351. The fourth-order valence-corrected chi connectivity index (χ4v) is 3.83. The van der Waals surface area contributed by atoms with Crippen molar-refractivity contribution in [2.75, 3.05) is 13.2 Å². The first kappa shape index (κ1) is 20.7. The van der Waals surface area contributed by atoms with Crippen LogP contribution in [0.2, 0.25) is 0 Å². The predicted octanol–water partition coefficient (Wildman–Crippen LogP) is 3.28. The van der Waals surface area contributed by atoms with Crippen molar-refractivity contribution < 1.29 is 33.4 Å². The van der Waals surface area contributed by atoms with Crippen LogP contribution in [-0.2, 0) is 9.59 Å². The van der Waals surface area contributed by atoms with Crippen LogP contribution in [0.5, 0.6) is 11.5 Å². The zero-order chi connectivity index (χ0) is 21.8. The Morgan fingerprint density at radius 1 is 1.19 bits per heavy atom. The molecular formula is C23H23NO7. The number of nitrogens with one attached hydrogen (secondary N) is 1. The Morgan fingerprint density at radius 2 is 2.00 bits per heavy atom. The molecule has 1 aliphatic carbocycles. The highest BCUT2D eigenvalue weighted by molar-refractivity contribution is 6.14. The summed E-state index contributed by atoms with van der Waals surface area (Å²) in [5.74, 6) is 0.262. The van der Waals surface area contributed by atoms with Gasteiger partial charge in [0.15, 0.2) is 12.4 Å². The van der Waals surface area contributed by atoms with E-state index in [1.807, 2.05) is 0 Å². The summed E-state index contributed by atoms with van der Waals surface area (Å²) < 4.78 is 16.4. The normalized spacial score (nSPS) is 21.4. The molecule has 1 aliphatic heterocycles. The molecule has 4 rings (SSSR count). The maximum absolute atomic E-state index is 12.4. The highest BCUT2D eigenvalue weighted by Crippen LogP contribution is 2.35. The zero-order valence-electron chi connectivity index (χ0n) is 16.8. The fourth-order valence-electron chi connectivity index (χ4n) is 3.83. The van der Waals surface area contributed by atoms with Gasteiger partial charge in [-0.1, -0.05) is 0 Å².